The average molecular weight is 260 g/mol. The zero-order valence-electron chi connectivity index (χ0n) is 10.0. The van der Waals surface area contributed by atoms with Crippen molar-refractivity contribution in [2.75, 3.05) is 5.75 Å². The topological polar surface area (TPSA) is 17.1 Å². The molecular weight excluding hydrogens is 247 g/mol. The molecule has 1 nitrogen and oxygen atoms in total. The van der Waals surface area contributed by atoms with Crippen LogP contribution in [0.15, 0.2) is 53.4 Å². The van der Waals surface area contributed by atoms with E-state index >= 15 is 0 Å². The van der Waals surface area contributed by atoms with Gasteiger partial charge in [0.15, 0.2) is 5.78 Å². The number of benzene rings is 2. The van der Waals surface area contributed by atoms with Crippen LogP contribution in [0.5, 0.6) is 0 Å². The molecular formula is C15H13FOS. The van der Waals surface area contributed by atoms with E-state index in [4.69, 9.17) is 0 Å². The molecule has 2 rings (SSSR count). The minimum Gasteiger partial charge on any atom is -0.293 e. The van der Waals surface area contributed by atoms with Gasteiger partial charge in [-0.05, 0) is 43.3 Å². The summed E-state index contributed by atoms with van der Waals surface area (Å²) in [5, 5.41) is 0. The lowest BCUT2D eigenvalue weighted by Gasteiger charge is -2.02. The van der Waals surface area contributed by atoms with E-state index in [1.807, 2.05) is 31.2 Å². The van der Waals surface area contributed by atoms with Crippen molar-refractivity contribution >= 4 is 17.5 Å². The molecule has 0 radical (unpaired) electrons. The van der Waals surface area contributed by atoms with E-state index in [2.05, 4.69) is 0 Å². The molecule has 0 saturated carbocycles. The maximum atomic E-state index is 12.7. The third-order valence-corrected chi connectivity index (χ3v) is 3.52. The molecule has 0 unspecified atom stereocenters. The molecule has 18 heavy (non-hydrogen) atoms. The lowest BCUT2D eigenvalue weighted by Crippen LogP contribution is -2.02. The van der Waals surface area contributed by atoms with E-state index in [9.17, 15) is 9.18 Å². The van der Waals surface area contributed by atoms with E-state index in [1.165, 1.54) is 41.6 Å². The van der Waals surface area contributed by atoms with Crippen molar-refractivity contribution in [1.82, 2.24) is 0 Å². The Labute approximate surface area is 110 Å². The van der Waals surface area contributed by atoms with Gasteiger partial charge in [0, 0.05) is 10.5 Å². The van der Waals surface area contributed by atoms with Crippen molar-refractivity contribution in [3.05, 3.63) is 65.5 Å². The van der Waals surface area contributed by atoms with Gasteiger partial charge in [0.2, 0.25) is 0 Å². The van der Waals surface area contributed by atoms with Crippen LogP contribution >= 0.6 is 11.8 Å². The maximum absolute atomic E-state index is 12.7. The first kappa shape index (κ1) is 12.8. The van der Waals surface area contributed by atoms with Crippen molar-refractivity contribution in [2.45, 2.75) is 11.8 Å². The van der Waals surface area contributed by atoms with Crippen molar-refractivity contribution in [3.8, 4) is 0 Å². The second kappa shape index (κ2) is 5.83. The van der Waals surface area contributed by atoms with Crippen LogP contribution in [0.4, 0.5) is 4.39 Å². The first-order valence-corrected chi connectivity index (χ1v) is 6.62. The molecule has 0 aliphatic rings. The first-order chi connectivity index (χ1) is 8.65. The average Bonchev–Trinajstić information content (AvgIpc) is 2.37. The number of carbonyl (C=O) groups is 1. The largest absolute Gasteiger partial charge is 0.293 e. The summed E-state index contributed by atoms with van der Waals surface area (Å²) in [6.45, 7) is 2.02. The Balaban J connectivity index is 1.98. The van der Waals surface area contributed by atoms with Crippen LogP contribution in [-0.4, -0.2) is 11.5 Å². The van der Waals surface area contributed by atoms with Crippen LogP contribution in [0.25, 0.3) is 0 Å². The van der Waals surface area contributed by atoms with Crippen LogP contribution in [0, 0.1) is 12.7 Å². The molecule has 0 aliphatic carbocycles. The third kappa shape index (κ3) is 3.44. The number of ketones is 1. The number of carbonyl (C=O) groups excluding carboxylic acids is 1. The van der Waals surface area contributed by atoms with Gasteiger partial charge in [-0.3, -0.25) is 4.79 Å². The fourth-order valence-electron chi connectivity index (χ4n) is 1.57. The summed E-state index contributed by atoms with van der Waals surface area (Å²) in [6, 6.07) is 13.7. The molecule has 0 N–H and O–H groups in total. The van der Waals surface area contributed by atoms with Crippen LogP contribution in [0.2, 0.25) is 0 Å². The van der Waals surface area contributed by atoms with Gasteiger partial charge >= 0.3 is 0 Å². The number of Topliss-reactive ketones (excluding diaryl/α,β-unsaturated/α-hetero) is 1. The van der Waals surface area contributed by atoms with Crippen molar-refractivity contribution in [2.24, 2.45) is 0 Å². The predicted molar refractivity (Wildman–Crippen MR) is 72.6 cm³/mol. The minimum atomic E-state index is -0.321. The Morgan fingerprint density at radius 1 is 1.17 bits per heavy atom. The van der Waals surface area contributed by atoms with Gasteiger partial charge in [-0.1, -0.05) is 17.7 Å². The summed E-state index contributed by atoms with van der Waals surface area (Å²) in [6.07, 6.45) is 0. The third-order valence-electron chi connectivity index (χ3n) is 2.53. The first-order valence-electron chi connectivity index (χ1n) is 5.63. The normalized spacial score (nSPS) is 10.3. The molecule has 0 bridgehead atoms. The molecule has 2 aromatic carbocycles. The second-order valence-electron chi connectivity index (χ2n) is 4.04. The number of aryl methyl sites for hydroxylation is 1. The fourth-order valence-corrected chi connectivity index (χ4v) is 2.48. The molecule has 2 aromatic rings. The molecule has 0 atom stereocenters. The Morgan fingerprint density at radius 2 is 1.89 bits per heavy atom. The zero-order valence-corrected chi connectivity index (χ0v) is 10.8. The highest BCUT2D eigenvalue weighted by Gasteiger charge is 2.06. The lowest BCUT2D eigenvalue weighted by atomic mass is 10.1. The van der Waals surface area contributed by atoms with Gasteiger partial charge in [-0.2, -0.15) is 0 Å². The Morgan fingerprint density at radius 3 is 2.56 bits per heavy atom. The zero-order chi connectivity index (χ0) is 13.0. The summed E-state index contributed by atoms with van der Waals surface area (Å²) in [5.74, 6) is 0.0640. The number of rotatable bonds is 4. The monoisotopic (exact) mass is 260 g/mol. The van der Waals surface area contributed by atoms with Crippen LogP contribution < -0.4 is 0 Å². The van der Waals surface area contributed by atoms with Crippen LogP contribution in [-0.2, 0) is 0 Å². The molecule has 0 saturated heterocycles. The smallest absolute Gasteiger partial charge is 0.173 e. The predicted octanol–water partition coefficient (Wildman–Crippen LogP) is 4.11. The SMILES string of the molecule is Cc1cccc(SCC(=O)c2ccc(F)cc2)c1. The van der Waals surface area contributed by atoms with E-state index in [0.29, 0.717) is 11.3 Å². The highest BCUT2D eigenvalue weighted by atomic mass is 32.2. The van der Waals surface area contributed by atoms with Gasteiger partial charge in [0.1, 0.15) is 5.82 Å². The lowest BCUT2D eigenvalue weighted by molar-refractivity contribution is 0.102. The summed E-state index contributed by atoms with van der Waals surface area (Å²) < 4.78 is 12.7. The van der Waals surface area contributed by atoms with Gasteiger partial charge in [0.05, 0.1) is 5.75 Å². The van der Waals surface area contributed by atoms with E-state index in [1.54, 1.807) is 0 Å². The molecule has 0 fully saturated rings. The van der Waals surface area contributed by atoms with E-state index < -0.39 is 0 Å². The molecule has 0 spiro atoms. The summed E-state index contributed by atoms with van der Waals surface area (Å²) in [4.78, 5) is 12.9. The quantitative estimate of drug-likeness (QED) is 0.608. The summed E-state index contributed by atoms with van der Waals surface area (Å²) >= 11 is 1.50. The van der Waals surface area contributed by atoms with Gasteiger partial charge < -0.3 is 0 Å². The van der Waals surface area contributed by atoms with Crippen molar-refractivity contribution in [1.29, 1.82) is 0 Å². The van der Waals surface area contributed by atoms with Gasteiger partial charge in [-0.25, -0.2) is 4.39 Å². The maximum Gasteiger partial charge on any atom is 0.173 e. The Kier molecular flexibility index (Phi) is 4.15. The van der Waals surface area contributed by atoms with Gasteiger partial charge in [0.25, 0.3) is 0 Å². The van der Waals surface area contributed by atoms with Crippen molar-refractivity contribution < 1.29 is 9.18 Å². The molecule has 0 heterocycles. The Bertz CT molecular complexity index is 549. The molecule has 92 valence electrons. The van der Waals surface area contributed by atoms with E-state index in [0.717, 1.165) is 4.90 Å². The standard InChI is InChI=1S/C15H13FOS/c1-11-3-2-4-14(9-11)18-10-15(17)12-5-7-13(16)8-6-12/h2-9H,10H2,1H3. The number of hydrogen-bond donors (Lipinski definition) is 0. The van der Waals surface area contributed by atoms with Crippen LogP contribution in [0.1, 0.15) is 15.9 Å². The highest BCUT2D eigenvalue weighted by Crippen LogP contribution is 2.20. The summed E-state index contributed by atoms with van der Waals surface area (Å²) in [5.41, 5.74) is 1.73. The molecule has 3 heteroatoms. The van der Waals surface area contributed by atoms with Crippen molar-refractivity contribution in [3.63, 3.8) is 0 Å². The second-order valence-corrected chi connectivity index (χ2v) is 5.08. The number of halogens is 1. The van der Waals surface area contributed by atoms with E-state index in [-0.39, 0.29) is 11.6 Å². The molecule has 0 aliphatic heterocycles. The summed E-state index contributed by atoms with van der Waals surface area (Å²) in [7, 11) is 0. The fraction of sp³-hybridized carbons (Fsp3) is 0.133. The molecule has 0 amide bonds. The number of hydrogen-bond acceptors (Lipinski definition) is 2. The van der Waals surface area contributed by atoms with Crippen LogP contribution in [0.3, 0.4) is 0 Å². The Hall–Kier alpha value is -1.61. The van der Waals surface area contributed by atoms with Gasteiger partial charge in [-0.15, -0.1) is 11.8 Å². The molecule has 0 aromatic heterocycles. The highest BCUT2D eigenvalue weighted by molar-refractivity contribution is 8.00. The number of thioether (sulfide) groups is 1. The minimum absolute atomic E-state index is 0.0153.